The Hall–Kier alpha value is -2.09. The van der Waals surface area contributed by atoms with Crippen molar-refractivity contribution < 1.29 is 22.8 Å². The van der Waals surface area contributed by atoms with Crippen molar-refractivity contribution in [3.63, 3.8) is 0 Å². The fraction of sp³-hybridized carbons (Fsp3) is 0.100. The number of hydrogen-bond acceptors (Lipinski definition) is 4. The number of nitrogens with one attached hydrogen (secondary N) is 1. The van der Waals surface area contributed by atoms with Crippen molar-refractivity contribution in [2.45, 2.75) is 6.18 Å². The Morgan fingerprint density at radius 3 is 2.21 bits per heavy atom. The number of halogens is 4. The van der Waals surface area contributed by atoms with Gasteiger partial charge in [-0.2, -0.15) is 18.2 Å². The van der Waals surface area contributed by atoms with Gasteiger partial charge in [0.05, 0.1) is 5.56 Å². The Balaban J connectivity index is 2.22. The number of alkyl halides is 3. The summed E-state index contributed by atoms with van der Waals surface area (Å²) in [5.41, 5.74) is 1.17. The molecule has 0 atom stereocenters. The van der Waals surface area contributed by atoms with E-state index >= 15 is 0 Å². The molecule has 0 aromatic carbocycles. The first-order chi connectivity index (χ1) is 8.79. The standard InChI is InChI=1S/C10H5ClF3N3O2/c11-9-5(10(12,13)14)1-2-6(15-9)16-17-7(18)3-4-8(17)19/h1-4H,(H,15,16). The number of imide groups is 1. The largest absolute Gasteiger partial charge is 0.419 e. The molecule has 2 heterocycles. The van der Waals surface area contributed by atoms with Crippen molar-refractivity contribution in [3.8, 4) is 0 Å². The molecule has 1 aliphatic heterocycles. The predicted octanol–water partition coefficient (Wildman–Crippen LogP) is 2.01. The van der Waals surface area contributed by atoms with Crippen LogP contribution in [0.2, 0.25) is 5.15 Å². The zero-order valence-electron chi connectivity index (χ0n) is 9.03. The number of carbonyl (C=O) groups is 2. The molecule has 0 spiro atoms. The number of pyridine rings is 1. The highest BCUT2D eigenvalue weighted by Crippen LogP contribution is 2.34. The average molecular weight is 292 g/mol. The second-order valence-corrected chi connectivity index (χ2v) is 3.85. The number of aromatic nitrogens is 1. The Morgan fingerprint density at radius 2 is 1.74 bits per heavy atom. The summed E-state index contributed by atoms with van der Waals surface area (Å²) in [6.45, 7) is 0. The van der Waals surface area contributed by atoms with Crippen LogP contribution in [-0.2, 0) is 15.8 Å². The molecular formula is C10H5ClF3N3O2. The first kappa shape index (κ1) is 13.3. The van der Waals surface area contributed by atoms with Gasteiger partial charge in [0, 0.05) is 12.2 Å². The zero-order chi connectivity index (χ0) is 14.2. The fourth-order valence-electron chi connectivity index (χ4n) is 1.33. The van der Waals surface area contributed by atoms with Crippen molar-refractivity contribution >= 4 is 29.2 Å². The van der Waals surface area contributed by atoms with Gasteiger partial charge in [0.2, 0.25) is 0 Å². The van der Waals surface area contributed by atoms with Crippen LogP contribution in [0.15, 0.2) is 24.3 Å². The molecule has 0 saturated heterocycles. The maximum atomic E-state index is 12.4. The molecule has 1 N–H and O–H groups in total. The molecule has 1 aliphatic rings. The Labute approximate surface area is 109 Å². The number of carbonyl (C=O) groups excluding carboxylic acids is 2. The first-order valence-electron chi connectivity index (χ1n) is 4.85. The van der Waals surface area contributed by atoms with Gasteiger partial charge in [-0.05, 0) is 12.1 Å². The lowest BCUT2D eigenvalue weighted by molar-refractivity contribution is -0.138. The minimum absolute atomic E-state index is 0.150. The van der Waals surface area contributed by atoms with Crippen LogP contribution >= 0.6 is 11.6 Å². The third-order valence-corrected chi connectivity index (χ3v) is 2.48. The van der Waals surface area contributed by atoms with Crippen LogP contribution in [0.3, 0.4) is 0 Å². The van der Waals surface area contributed by atoms with E-state index in [1.54, 1.807) is 0 Å². The smallest absolute Gasteiger partial charge is 0.271 e. The molecular weight excluding hydrogens is 287 g/mol. The van der Waals surface area contributed by atoms with Gasteiger partial charge in [-0.3, -0.25) is 15.0 Å². The van der Waals surface area contributed by atoms with Crippen molar-refractivity contribution in [1.82, 2.24) is 9.99 Å². The molecule has 0 radical (unpaired) electrons. The zero-order valence-corrected chi connectivity index (χ0v) is 9.79. The maximum absolute atomic E-state index is 12.4. The summed E-state index contributed by atoms with van der Waals surface area (Å²) < 4.78 is 37.3. The van der Waals surface area contributed by atoms with E-state index in [2.05, 4.69) is 10.4 Å². The third kappa shape index (κ3) is 2.68. The predicted molar refractivity (Wildman–Crippen MR) is 58.9 cm³/mol. The number of amides is 2. The lowest BCUT2D eigenvalue weighted by atomic mass is 10.3. The second-order valence-electron chi connectivity index (χ2n) is 3.49. The normalized spacial score (nSPS) is 15.3. The van der Waals surface area contributed by atoms with E-state index in [0.29, 0.717) is 11.1 Å². The van der Waals surface area contributed by atoms with Crippen molar-refractivity contribution in [3.05, 3.63) is 35.0 Å². The van der Waals surface area contributed by atoms with Gasteiger partial charge >= 0.3 is 6.18 Å². The van der Waals surface area contributed by atoms with Crippen LogP contribution in [0.4, 0.5) is 19.0 Å². The molecule has 2 amide bonds. The molecule has 5 nitrogen and oxygen atoms in total. The van der Waals surface area contributed by atoms with E-state index in [1.165, 1.54) is 0 Å². The molecule has 9 heteroatoms. The monoisotopic (exact) mass is 291 g/mol. The van der Waals surface area contributed by atoms with Gasteiger partial charge in [-0.15, -0.1) is 0 Å². The fourth-order valence-corrected chi connectivity index (χ4v) is 1.59. The van der Waals surface area contributed by atoms with E-state index in [-0.39, 0.29) is 5.82 Å². The highest BCUT2D eigenvalue weighted by Gasteiger charge is 2.34. The van der Waals surface area contributed by atoms with Crippen LogP contribution < -0.4 is 5.43 Å². The van der Waals surface area contributed by atoms with E-state index in [9.17, 15) is 22.8 Å². The molecule has 100 valence electrons. The summed E-state index contributed by atoms with van der Waals surface area (Å²) in [6, 6.07) is 1.67. The molecule has 0 unspecified atom stereocenters. The molecule has 1 aromatic rings. The van der Waals surface area contributed by atoms with Crippen molar-refractivity contribution in [2.75, 3.05) is 5.43 Å². The Morgan fingerprint density at radius 1 is 1.16 bits per heavy atom. The molecule has 0 aliphatic carbocycles. The summed E-state index contributed by atoms with van der Waals surface area (Å²) in [4.78, 5) is 25.9. The lowest BCUT2D eigenvalue weighted by Crippen LogP contribution is -2.35. The molecule has 0 bridgehead atoms. The van der Waals surface area contributed by atoms with Gasteiger partial charge in [0.15, 0.2) is 0 Å². The molecule has 0 fully saturated rings. The van der Waals surface area contributed by atoms with Crippen molar-refractivity contribution in [1.29, 1.82) is 0 Å². The van der Waals surface area contributed by atoms with E-state index in [0.717, 1.165) is 18.2 Å². The van der Waals surface area contributed by atoms with Gasteiger partial charge < -0.3 is 0 Å². The van der Waals surface area contributed by atoms with E-state index in [4.69, 9.17) is 11.6 Å². The number of hydrazine groups is 1. The molecule has 19 heavy (non-hydrogen) atoms. The SMILES string of the molecule is O=C1C=CC(=O)N1Nc1ccc(C(F)(F)F)c(Cl)n1. The Bertz CT molecular complexity index is 568. The first-order valence-corrected chi connectivity index (χ1v) is 5.23. The molecule has 1 aromatic heterocycles. The molecule has 2 rings (SSSR count). The Kier molecular flexibility index (Phi) is 3.19. The van der Waals surface area contributed by atoms with Crippen LogP contribution in [0.1, 0.15) is 5.56 Å². The van der Waals surface area contributed by atoms with Gasteiger partial charge in [-0.25, -0.2) is 4.98 Å². The topological polar surface area (TPSA) is 62.3 Å². The summed E-state index contributed by atoms with van der Waals surface area (Å²) >= 11 is 5.40. The van der Waals surface area contributed by atoms with Crippen LogP contribution in [0.5, 0.6) is 0 Å². The van der Waals surface area contributed by atoms with E-state index in [1.807, 2.05) is 0 Å². The van der Waals surface area contributed by atoms with E-state index < -0.39 is 28.7 Å². The van der Waals surface area contributed by atoms with Crippen LogP contribution in [0, 0.1) is 0 Å². The molecule has 0 saturated carbocycles. The number of nitrogens with zero attached hydrogens (tertiary/aromatic N) is 2. The van der Waals surface area contributed by atoms with Gasteiger partial charge in [-0.1, -0.05) is 11.6 Å². The summed E-state index contributed by atoms with van der Waals surface area (Å²) in [5, 5.41) is -0.170. The minimum Gasteiger partial charge on any atom is -0.271 e. The highest BCUT2D eigenvalue weighted by atomic mass is 35.5. The van der Waals surface area contributed by atoms with Crippen LogP contribution in [0.25, 0.3) is 0 Å². The maximum Gasteiger partial charge on any atom is 0.419 e. The lowest BCUT2D eigenvalue weighted by Gasteiger charge is -2.16. The minimum atomic E-state index is -4.62. The summed E-state index contributed by atoms with van der Waals surface area (Å²) in [5.74, 6) is -1.45. The number of anilines is 1. The highest BCUT2D eigenvalue weighted by molar-refractivity contribution is 6.30. The number of rotatable bonds is 2. The second kappa shape index (κ2) is 4.54. The quantitative estimate of drug-likeness (QED) is 0.669. The van der Waals surface area contributed by atoms with Crippen LogP contribution in [-0.4, -0.2) is 21.8 Å². The third-order valence-electron chi connectivity index (χ3n) is 2.19. The summed E-state index contributed by atoms with van der Waals surface area (Å²) in [6.07, 6.45) is -2.59. The summed E-state index contributed by atoms with van der Waals surface area (Å²) in [7, 11) is 0. The van der Waals surface area contributed by atoms with Gasteiger partial charge in [0.1, 0.15) is 11.0 Å². The number of hydrogen-bond donors (Lipinski definition) is 1. The van der Waals surface area contributed by atoms with Crippen molar-refractivity contribution in [2.24, 2.45) is 0 Å². The van der Waals surface area contributed by atoms with Gasteiger partial charge in [0.25, 0.3) is 11.8 Å². The average Bonchev–Trinajstić information content (AvgIpc) is 2.59.